The van der Waals surface area contributed by atoms with E-state index >= 15 is 0 Å². The first-order valence-corrected chi connectivity index (χ1v) is 7.50. The molecule has 124 valence electrons. The third kappa shape index (κ3) is 2.38. The summed E-state index contributed by atoms with van der Waals surface area (Å²) in [6, 6.07) is 6.66. The molecule has 2 aromatic heterocycles. The summed E-state index contributed by atoms with van der Waals surface area (Å²) in [6.07, 6.45) is -0.112. The first-order valence-electron chi connectivity index (χ1n) is 7.50. The molecule has 1 saturated carbocycles. The quantitative estimate of drug-likeness (QED) is 0.706. The lowest BCUT2D eigenvalue weighted by atomic mass is 9.85. The molecular weight excluding hydrogens is 323 g/mol. The molecule has 0 amide bonds. The van der Waals surface area contributed by atoms with Gasteiger partial charge in [-0.3, -0.25) is 9.36 Å². The van der Waals surface area contributed by atoms with Crippen LogP contribution >= 0.6 is 0 Å². The monoisotopic (exact) mass is 335 g/mol. The van der Waals surface area contributed by atoms with E-state index in [1.807, 2.05) is 0 Å². The molecule has 1 aliphatic carbocycles. The number of rotatable bonds is 2. The van der Waals surface area contributed by atoms with Crippen molar-refractivity contribution >= 4 is 16.8 Å². The highest BCUT2D eigenvalue weighted by atomic mass is 19.4. The van der Waals surface area contributed by atoms with Gasteiger partial charge in [-0.1, -0.05) is 11.6 Å². The summed E-state index contributed by atoms with van der Waals surface area (Å²) in [4.78, 5) is 15.7. The summed E-state index contributed by atoms with van der Waals surface area (Å²) in [7, 11) is 0. The largest absolute Gasteiger partial charge is 0.471 e. The van der Waals surface area contributed by atoms with Gasteiger partial charge in [0, 0.05) is 23.1 Å². The molecule has 8 heteroatoms. The van der Waals surface area contributed by atoms with Gasteiger partial charge in [-0.25, -0.2) is 0 Å². The maximum atomic E-state index is 12.5. The van der Waals surface area contributed by atoms with Crippen LogP contribution < -0.4 is 0 Å². The standard InChI is InChI=1S/C16H12F3N3O2/c17-16(18,19)15-20-13(21-24-15)11-4-5-12-10(8-11)6-7-22(12)14(23)9-2-1-3-9/h4-9H,1-3H2. The van der Waals surface area contributed by atoms with Gasteiger partial charge in [0.1, 0.15) is 0 Å². The van der Waals surface area contributed by atoms with Crippen LogP contribution in [0.2, 0.25) is 0 Å². The van der Waals surface area contributed by atoms with Crippen LogP contribution in [0.15, 0.2) is 35.0 Å². The van der Waals surface area contributed by atoms with E-state index in [9.17, 15) is 18.0 Å². The van der Waals surface area contributed by atoms with Crippen LogP contribution in [-0.4, -0.2) is 20.6 Å². The summed E-state index contributed by atoms with van der Waals surface area (Å²) in [5, 5.41) is 4.11. The van der Waals surface area contributed by atoms with Gasteiger partial charge in [0.15, 0.2) is 0 Å². The lowest BCUT2D eigenvalue weighted by molar-refractivity contribution is -0.159. The highest BCUT2D eigenvalue weighted by Crippen LogP contribution is 2.32. The lowest BCUT2D eigenvalue weighted by Gasteiger charge is -2.24. The molecule has 1 aliphatic rings. The SMILES string of the molecule is O=C(C1CCC1)n1ccc2cc(-c3noc(C(F)(F)F)n3)ccc21. The number of hydrogen-bond acceptors (Lipinski definition) is 4. The minimum Gasteiger partial charge on any atom is -0.329 e. The smallest absolute Gasteiger partial charge is 0.329 e. The first-order chi connectivity index (χ1) is 11.4. The number of carbonyl (C=O) groups excluding carboxylic acids is 1. The zero-order valence-electron chi connectivity index (χ0n) is 12.4. The van der Waals surface area contributed by atoms with Crippen molar-refractivity contribution in [1.29, 1.82) is 0 Å². The number of nitrogens with zero attached hydrogens (tertiary/aromatic N) is 3. The van der Waals surface area contributed by atoms with Gasteiger partial charge in [-0.05, 0) is 37.1 Å². The molecule has 0 atom stereocenters. The van der Waals surface area contributed by atoms with E-state index in [2.05, 4.69) is 14.7 Å². The Kier molecular flexibility index (Phi) is 3.22. The summed E-state index contributed by atoms with van der Waals surface area (Å²) < 4.78 is 43.5. The summed E-state index contributed by atoms with van der Waals surface area (Å²) >= 11 is 0. The Balaban J connectivity index is 1.69. The molecule has 3 aromatic rings. The Labute approximate surface area is 134 Å². The van der Waals surface area contributed by atoms with Crippen LogP contribution in [0.4, 0.5) is 13.2 Å². The molecule has 0 aliphatic heterocycles. The lowest BCUT2D eigenvalue weighted by Crippen LogP contribution is -2.26. The van der Waals surface area contributed by atoms with Crippen molar-refractivity contribution < 1.29 is 22.5 Å². The van der Waals surface area contributed by atoms with Gasteiger partial charge in [-0.2, -0.15) is 18.2 Å². The molecular formula is C16H12F3N3O2. The van der Waals surface area contributed by atoms with E-state index in [0.717, 1.165) is 30.2 Å². The van der Waals surface area contributed by atoms with Gasteiger partial charge in [0.25, 0.3) is 0 Å². The van der Waals surface area contributed by atoms with E-state index in [1.165, 1.54) is 0 Å². The average molecular weight is 335 g/mol. The first kappa shape index (κ1) is 14.9. The Bertz CT molecular complexity index is 922. The van der Waals surface area contributed by atoms with Crippen LogP contribution in [0.25, 0.3) is 22.3 Å². The topological polar surface area (TPSA) is 60.9 Å². The van der Waals surface area contributed by atoms with E-state index in [1.54, 1.807) is 35.0 Å². The van der Waals surface area contributed by atoms with Crippen molar-refractivity contribution in [2.75, 3.05) is 0 Å². The van der Waals surface area contributed by atoms with Crippen LogP contribution in [0, 0.1) is 5.92 Å². The number of alkyl halides is 3. The van der Waals surface area contributed by atoms with Crippen LogP contribution in [-0.2, 0) is 6.18 Å². The Morgan fingerprint density at radius 1 is 1.25 bits per heavy atom. The molecule has 24 heavy (non-hydrogen) atoms. The zero-order valence-corrected chi connectivity index (χ0v) is 12.4. The van der Waals surface area contributed by atoms with Crippen LogP contribution in [0.5, 0.6) is 0 Å². The molecule has 0 spiro atoms. The molecule has 5 nitrogen and oxygen atoms in total. The maximum Gasteiger partial charge on any atom is 0.471 e. The fourth-order valence-electron chi connectivity index (χ4n) is 2.78. The van der Waals surface area contributed by atoms with Crippen LogP contribution in [0.1, 0.15) is 29.9 Å². The fourth-order valence-corrected chi connectivity index (χ4v) is 2.78. The Morgan fingerprint density at radius 2 is 2.04 bits per heavy atom. The van der Waals surface area contributed by atoms with E-state index < -0.39 is 12.1 Å². The minimum atomic E-state index is -4.67. The third-order valence-electron chi connectivity index (χ3n) is 4.31. The van der Waals surface area contributed by atoms with Crippen molar-refractivity contribution in [1.82, 2.24) is 14.7 Å². The molecule has 0 saturated heterocycles. The number of halogens is 3. The molecule has 1 aromatic carbocycles. The predicted octanol–water partition coefficient (Wildman–Crippen LogP) is 4.15. The van der Waals surface area contributed by atoms with Gasteiger partial charge < -0.3 is 4.52 Å². The Hall–Kier alpha value is -2.64. The number of carbonyl (C=O) groups is 1. The van der Waals surface area contributed by atoms with Crippen molar-refractivity contribution in [3.05, 3.63) is 36.4 Å². The normalized spacial score (nSPS) is 15.6. The predicted molar refractivity (Wildman–Crippen MR) is 78.2 cm³/mol. The maximum absolute atomic E-state index is 12.5. The van der Waals surface area contributed by atoms with Crippen molar-refractivity contribution in [3.8, 4) is 11.4 Å². The summed E-state index contributed by atoms with van der Waals surface area (Å²) in [5.41, 5.74) is 1.12. The second kappa shape index (κ2) is 5.19. The Morgan fingerprint density at radius 3 is 2.67 bits per heavy atom. The number of aromatic nitrogens is 3. The molecule has 0 radical (unpaired) electrons. The molecule has 4 rings (SSSR count). The van der Waals surface area contributed by atoms with Crippen molar-refractivity contribution in [2.45, 2.75) is 25.4 Å². The third-order valence-corrected chi connectivity index (χ3v) is 4.31. The van der Waals surface area contributed by atoms with Crippen LogP contribution in [0.3, 0.4) is 0 Å². The van der Waals surface area contributed by atoms with Gasteiger partial charge >= 0.3 is 12.1 Å². The zero-order chi connectivity index (χ0) is 16.9. The highest BCUT2D eigenvalue weighted by molar-refractivity contribution is 5.95. The summed E-state index contributed by atoms with van der Waals surface area (Å²) in [5.74, 6) is -1.40. The fraction of sp³-hybridized carbons (Fsp3) is 0.312. The minimum absolute atomic E-state index is 0.0583. The van der Waals surface area contributed by atoms with Gasteiger partial charge in [-0.15, -0.1) is 0 Å². The van der Waals surface area contributed by atoms with Gasteiger partial charge in [0.05, 0.1) is 5.52 Å². The molecule has 1 fully saturated rings. The van der Waals surface area contributed by atoms with E-state index in [4.69, 9.17) is 0 Å². The average Bonchev–Trinajstić information content (AvgIpc) is 3.11. The number of benzene rings is 1. The molecule has 0 bridgehead atoms. The second-order valence-corrected chi connectivity index (χ2v) is 5.85. The second-order valence-electron chi connectivity index (χ2n) is 5.85. The number of fused-ring (bicyclic) bond motifs is 1. The van der Waals surface area contributed by atoms with Gasteiger partial charge in [0.2, 0.25) is 11.7 Å². The van der Waals surface area contributed by atoms with Crippen molar-refractivity contribution in [3.63, 3.8) is 0 Å². The number of hydrogen-bond donors (Lipinski definition) is 0. The molecule has 0 unspecified atom stereocenters. The van der Waals surface area contributed by atoms with E-state index in [-0.39, 0.29) is 17.6 Å². The summed E-state index contributed by atoms with van der Waals surface area (Å²) in [6.45, 7) is 0. The van der Waals surface area contributed by atoms with Crippen molar-refractivity contribution in [2.24, 2.45) is 5.92 Å². The molecule has 2 heterocycles. The molecule has 0 N–H and O–H groups in total. The highest BCUT2D eigenvalue weighted by Gasteiger charge is 2.38. The van der Waals surface area contributed by atoms with E-state index in [0.29, 0.717) is 5.56 Å².